The molecule has 0 spiro atoms. The molecule has 2 amide bonds. The molecule has 6 heteroatoms. The Morgan fingerprint density at radius 2 is 1.66 bits per heavy atom. The number of rotatable bonds is 6. The molecular weight excluding hydrogens is 440 g/mol. The monoisotopic (exact) mass is 476 g/mol. The average molecular weight is 477 g/mol. The summed E-state index contributed by atoms with van der Waals surface area (Å²) in [6, 6.07) is 11.5. The molecule has 2 aromatic rings. The SMILES string of the molecule is CCOc1cc2c(cc1OCC)[C@@H]1[C@@H](C(=O)NC3CCCCCC3)c3ccccc3C(=O)N1CC2. The predicted octanol–water partition coefficient (Wildman–Crippen LogP) is 5.16. The Balaban J connectivity index is 1.59. The zero-order valence-electron chi connectivity index (χ0n) is 20.8. The van der Waals surface area contributed by atoms with Gasteiger partial charge in [0.05, 0.1) is 25.2 Å². The molecule has 6 nitrogen and oxygen atoms in total. The quantitative estimate of drug-likeness (QED) is 0.585. The largest absolute Gasteiger partial charge is 0.490 e. The van der Waals surface area contributed by atoms with Gasteiger partial charge in [0.25, 0.3) is 5.91 Å². The molecule has 1 N–H and O–H groups in total. The zero-order valence-corrected chi connectivity index (χ0v) is 20.8. The normalized spacial score (nSPS) is 21.9. The fraction of sp³-hybridized carbons (Fsp3) is 0.517. The van der Waals surface area contributed by atoms with Crippen LogP contribution in [0.15, 0.2) is 36.4 Å². The van der Waals surface area contributed by atoms with E-state index in [0.29, 0.717) is 31.1 Å². The van der Waals surface area contributed by atoms with E-state index in [4.69, 9.17) is 9.47 Å². The molecule has 2 aliphatic heterocycles. The smallest absolute Gasteiger partial charge is 0.254 e. The van der Waals surface area contributed by atoms with E-state index in [2.05, 4.69) is 5.32 Å². The number of carbonyl (C=O) groups excluding carboxylic acids is 2. The zero-order chi connectivity index (χ0) is 24.4. The fourth-order valence-corrected chi connectivity index (χ4v) is 6.07. The lowest BCUT2D eigenvalue weighted by Gasteiger charge is -2.45. The number of ether oxygens (including phenoxy) is 2. The molecule has 2 atom stereocenters. The number of nitrogens with one attached hydrogen (secondary N) is 1. The standard InChI is InChI=1S/C29H36N2O4/c1-3-34-24-17-19-15-16-31-27(23(19)18-25(24)35-4-2)26(21-13-9-10-14-22(21)29(31)33)28(32)30-20-11-7-5-6-8-12-20/h9-10,13-14,17-18,20,26-27H,3-8,11-12,15-16H2,1-2H3,(H,30,32)/t26-,27+/m0/s1. The van der Waals surface area contributed by atoms with Crippen molar-refractivity contribution in [2.24, 2.45) is 0 Å². The van der Waals surface area contributed by atoms with Gasteiger partial charge in [-0.15, -0.1) is 0 Å². The third-order valence-electron chi connectivity index (χ3n) is 7.67. The lowest BCUT2D eigenvalue weighted by molar-refractivity contribution is -0.125. The molecule has 2 heterocycles. The fourth-order valence-electron chi connectivity index (χ4n) is 6.07. The van der Waals surface area contributed by atoms with Crippen LogP contribution in [0.2, 0.25) is 0 Å². The van der Waals surface area contributed by atoms with Crippen LogP contribution in [0.5, 0.6) is 11.5 Å². The Labute approximate surface area is 208 Å². The highest BCUT2D eigenvalue weighted by Crippen LogP contribution is 2.48. The summed E-state index contributed by atoms with van der Waals surface area (Å²) in [5, 5.41) is 3.39. The molecule has 186 valence electrons. The Morgan fingerprint density at radius 1 is 0.971 bits per heavy atom. The van der Waals surface area contributed by atoms with Crippen LogP contribution in [0, 0.1) is 0 Å². The summed E-state index contributed by atoms with van der Waals surface area (Å²) in [6.07, 6.45) is 7.55. The first-order chi connectivity index (χ1) is 17.1. The van der Waals surface area contributed by atoms with E-state index in [0.717, 1.165) is 54.5 Å². The Kier molecular flexibility index (Phi) is 6.98. The van der Waals surface area contributed by atoms with Gasteiger partial charge in [0.15, 0.2) is 11.5 Å². The Bertz CT molecular complexity index is 1090. The predicted molar refractivity (Wildman–Crippen MR) is 135 cm³/mol. The molecule has 5 rings (SSSR count). The van der Waals surface area contributed by atoms with E-state index in [1.165, 1.54) is 12.8 Å². The summed E-state index contributed by atoms with van der Waals surface area (Å²) < 4.78 is 11.8. The topological polar surface area (TPSA) is 67.9 Å². The number of amides is 2. The molecule has 1 saturated carbocycles. The maximum absolute atomic E-state index is 14.0. The van der Waals surface area contributed by atoms with Gasteiger partial charge in [-0.2, -0.15) is 0 Å². The van der Waals surface area contributed by atoms with E-state index < -0.39 is 5.92 Å². The van der Waals surface area contributed by atoms with Crippen molar-refractivity contribution in [2.45, 2.75) is 76.8 Å². The second-order valence-corrected chi connectivity index (χ2v) is 9.82. The van der Waals surface area contributed by atoms with Gasteiger partial charge in [-0.1, -0.05) is 43.9 Å². The first kappa shape index (κ1) is 23.7. The van der Waals surface area contributed by atoms with Gasteiger partial charge >= 0.3 is 0 Å². The van der Waals surface area contributed by atoms with Crippen molar-refractivity contribution in [3.63, 3.8) is 0 Å². The van der Waals surface area contributed by atoms with Crippen molar-refractivity contribution in [1.29, 1.82) is 0 Å². The van der Waals surface area contributed by atoms with Crippen LogP contribution in [0.25, 0.3) is 0 Å². The summed E-state index contributed by atoms with van der Waals surface area (Å²) in [5.41, 5.74) is 3.58. The minimum atomic E-state index is -0.460. The first-order valence-corrected chi connectivity index (χ1v) is 13.2. The molecule has 3 aliphatic rings. The molecule has 1 aliphatic carbocycles. The minimum absolute atomic E-state index is 0.00149. The average Bonchev–Trinajstić information content (AvgIpc) is 3.13. The van der Waals surface area contributed by atoms with Gasteiger partial charge in [0, 0.05) is 18.2 Å². The third kappa shape index (κ3) is 4.51. The molecule has 1 fully saturated rings. The van der Waals surface area contributed by atoms with Gasteiger partial charge in [-0.05, 0) is 68.0 Å². The van der Waals surface area contributed by atoms with Crippen LogP contribution in [0.4, 0.5) is 0 Å². The van der Waals surface area contributed by atoms with E-state index >= 15 is 0 Å². The summed E-state index contributed by atoms with van der Waals surface area (Å²) in [5.74, 6) is 0.958. The number of hydrogen-bond donors (Lipinski definition) is 1. The highest BCUT2D eigenvalue weighted by molar-refractivity contribution is 6.01. The van der Waals surface area contributed by atoms with Crippen LogP contribution < -0.4 is 14.8 Å². The second-order valence-electron chi connectivity index (χ2n) is 9.82. The third-order valence-corrected chi connectivity index (χ3v) is 7.67. The van der Waals surface area contributed by atoms with Gasteiger partial charge in [0.2, 0.25) is 5.91 Å². The molecular formula is C29H36N2O4. The number of nitrogens with zero attached hydrogens (tertiary/aromatic N) is 1. The summed E-state index contributed by atoms with van der Waals surface area (Å²) in [6.45, 7) is 5.55. The maximum Gasteiger partial charge on any atom is 0.254 e. The van der Waals surface area contributed by atoms with Crippen LogP contribution in [0.3, 0.4) is 0 Å². The van der Waals surface area contributed by atoms with Gasteiger partial charge in [-0.25, -0.2) is 0 Å². The van der Waals surface area contributed by atoms with Crippen LogP contribution in [0.1, 0.15) is 91.4 Å². The van der Waals surface area contributed by atoms with Crippen LogP contribution in [-0.2, 0) is 11.2 Å². The van der Waals surface area contributed by atoms with Crippen LogP contribution >= 0.6 is 0 Å². The molecule has 0 unspecified atom stereocenters. The number of hydrogen-bond acceptors (Lipinski definition) is 4. The van der Waals surface area contributed by atoms with Crippen molar-refractivity contribution in [2.75, 3.05) is 19.8 Å². The Morgan fingerprint density at radius 3 is 2.37 bits per heavy atom. The van der Waals surface area contributed by atoms with Crippen molar-refractivity contribution in [1.82, 2.24) is 10.2 Å². The van der Waals surface area contributed by atoms with Crippen molar-refractivity contribution >= 4 is 11.8 Å². The number of fused-ring (bicyclic) bond motifs is 4. The van der Waals surface area contributed by atoms with Crippen LogP contribution in [-0.4, -0.2) is 42.5 Å². The van der Waals surface area contributed by atoms with Crippen molar-refractivity contribution in [3.05, 3.63) is 58.7 Å². The maximum atomic E-state index is 14.0. The second kappa shape index (κ2) is 10.3. The molecule has 2 aromatic carbocycles. The summed E-state index contributed by atoms with van der Waals surface area (Å²) >= 11 is 0. The molecule has 0 bridgehead atoms. The molecule has 0 radical (unpaired) electrons. The lowest BCUT2D eigenvalue weighted by Crippen LogP contribution is -2.51. The summed E-state index contributed by atoms with van der Waals surface area (Å²) in [7, 11) is 0. The van der Waals surface area contributed by atoms with E-state index in [1.807, 2.05) is 55.1 Å². The van der Waals surface area contributed by atoms with Gasteiger partial charge < -0.3 is 19.7 Å². The van der Waals surface area contributed by atoms with E-state index in [1.54, 1.807) is 0 Å². The molecule has 35 heavy (non-hydrogen) atoms. The highest BCUT2D eigenvalue weighted by Gasteiger charge is 2.47. The lowest BCUT2D eigenvalue weighted by atomic mass is 9.75. The first-order valence-electron chi connectivity index (χ1n) is 13.2. The van der Waals surface area contributed by atoms with Gasteiger partial charge in [0.1, 0.15) is 0 Å². The van der Waals surface area contributed by atoms with Crippen molar-refractivity contribution < 1.29 is 19.1 Å². The highest BCUT2D eigenvalue weighted by atomic mass is 16.5. The molecule has 0 aromatic heterocycles. The van der Waals surface area contributed by atoms with E-state index in [-0.39, 0.29) is 23.9 Å². The number of benzene rings is 2. The molecule has 0 saturated heterocycles. The minimum Gasteiger partial charge on any atom is -0.490 e. The van der Waals surface area contributed by atoms with Crippen molar-refractivity contribution in [3.8, 4) is 11.5 Å². The number of carbonyl (C=O) groups is 2. The Hall–Kier alpha value is -3.02. The van der Waals surface area contributed by atoms with E-state index in [9.17, 15) is 9.59 Å². The van der Waals surface area contributed by atoms with Gasteiger partial charge in [-0.3, -0.25) is 9.59 Å². The summed E-state index contributed by atoms with van der Waals surface area (Å²) in [4.78, 5) is 29.5.